The fourth-order valence-electron chi connectivity index (χ4n) is 9.31. The van der Waals surface area contributed by atoms with Crippen LogP contribution in [0.1, 0.15) is 22.3 Å². The highest BCUT2D eigenvalue weighted by Gasteiger charge is 2.30. The lowest BCUT2D eigenvalue weighted by atomic mass is 9.80. The average molecular weight is 689 g/mol. The molecular formula is C50H32N4. The molecule has 4 heteroatoms. The summed E-state index contributed by atoms with van der Waals surface area (Å²) in [5, 5.41) is 8.70. The van der Waals surface area contributed by atoms with Gasteiger partial charge in [-0.15, -0.1) is 0 Å². The molecule has 0 saturated heterocycles. The van der Waals surface area contributed by atoms with Crippen LogP contribution in [0, 0.1) is 0 Å². The van der Waals surface area contributed by atoms with Gasteiger partial charge in [-0.1, -0.05) is 140 Å². The van der Waals surface area contributed by atoms with Crippen LogP contribution in [-0.4, -0.2) is 19.1 Å². The lowest BCUT2D eigenvalue weighted by molar-refractivity contribution is 1.01. The Labute approximate surface area is 311 Å². The van der Waals surface area contributed by atoms with Gasteiger partial charge in [-0.3, -0.25) is 4.57 Å². The molecule has 11 aromatic rings. The summed E-state index contributed by atoms with van der Waals surface area (Å²) in [6, 6.07) is 61.2. The third-order valence-corrected chi connectivity index (χ3v) is 11.6. The summed E-state index contributed by atoms with van der Waals surface area (Å²) in [4.78, 5) is 10.9. The number of nitrogens with zero attached hydrogens (tertiary/aromatic N) is 4. The molecule has 0 bridgehead atoms. The zero-order valence-corrected chi connectivity index (χ0v) is 29.4. The summed E-state index contributed by atoms with van der Waals surface area (Å²) >= 11 is 0. The van der Waals surface area contributed by atoms with Gasteiger partial charge in [0.25, 0.3) is 0 Å². The van der Waals surface area contributed by atoms with Crippen LogP contribution in [0.5, 0.6) is 0 Å². The molecule has 0 N–H and O–H groups in total. The molecule has 0 spiro atoms. The van der Waals surface area contributed by atoms with Gasteiger partial charge in [-0.05, 0) is 76.2 Å². The third-order valence-electron chi connectivity index (χ3n) is 11.6. The smallest absolute Gasteiger partial charge is 0.235 e. The van der Waals surface area contributed by atoms with Crippen molar-refractivity contribution in [2.45, 2.75) is 12.8 Å². The zero-order chi connectivity index (χ0) is 35.3. The maximum absolute atomic E-state index is 5.50. The van der Waals surface area contributed by atoms with Crippen molar-refractivity contribution in [1.82, 2.24) is 19.1 Å². The molecule has 1 aliphatic carbocycles. The Kier molecular flexibility index (Phi) is 6.14. The van der Waals surface area contributed by atoms with E-state index in [0.717, 1.165) is 51.7 Å². The third kappa shape index (κ3) is 4.13. The van der Waals surface area contributed by atoms with Crippen LogP contribution in [0.4, 0.5) is 0 Å². The highest BCUT2D eigenvalue weighted by Crippen LogP contribution is 2.48. The topological polar surface area (TPSA) is 35.6 Å². The van der Waals surface area contributed by atoms with E-state index in [2.05, 4.69) is 179 Å². The van der Waals surface area contributed by atoms with Crippen LogP contribution in [-0.2, 0) is 12.8 Å². The minimum Gasteiger partial charge on any atom is -0.307 e. The van der Waals surface area contributed by atoms with E-state index >= 15 is 0 Å². The van der Waals surface area contributed by atoms with Gasteiger partial charge in [0.1, 0.15) is 0 Å². The highest BCUT2D eigenvalue weighted by atomic mass is 15.2. The van der Waals surface area contributed by atoms with Crippen molar-refractivity contribution < 1.29 is 0 Å². The maximum Gasteiger partial charge on any atom is 0.235 e. The molecular weight excluding hydrogens is 657 g/mol. The lowest BCUT2D eigenvalue weighted by Gasteiger charge is -2.24. The van der Waals surface area contributed by atoms with E-state index in [0.29, 0.717) is 5.95 Å². The van der Waals surface area contributed by atoms with Crippen molar-refractivity contribution in [2.75, 3.05) is 0 Å². The SMILES string of the molecule is c1ccc(-c2nc(-n3c4ccccc4c4c5c(c6c7ccccc7n(-c7ccccc7)c6c43)Cc3cc4ccccc4cc3C5)nc3ccccc23)cc1. The second kappa shape index (κ2) is 11.2. The molecule has 1 aliphatic rings. The van der Waals surface area contributed by atoms with Gasteiger partial charge in [0.15, 0.2) is 0 Å². The number of aromatic nitrogens is 4. The predicted molar refractivity (Wildman–Crippen MR) is 223 cm³/mol. The maximum atomic E-state index is 5.50. The van der Waals surface area contributed by atoms with E-state index in [9.17, 15) is 0 Å². The normalized spacial score (nSPS) is 12.7. The summed E-state index contributed by atoms with van der Waals surface area (Å²) in [5.74, 6) is 0.673. The van der Waals surface area contributed by atoms with Crippen LogP contribution in [0.3, 0.4) is 0 Å². The van der Waals surface area contributed by atoms with Crippen LogP contribution >= 0.6 is 0 Å². The Morgan fingerprint density at radius 3 is 1.57 bits per heavy atom. The van der Waals surface area contributed by atoms with E-state index in [-0.39, 0.29) is 0 Å². The Morgan fingerprint density at radius 2 is 0.926 bits per heavy atom. The first kappa shape index (κ1) is 29.5. The molecule has 0 aliphatic heterocycles. The van der Waals surface area contributed by atoms with Gasteiger partial charge in [0.2, 0.25) is 5.95 Å². The first-order valence-electron chi connectivity index (χ1n) is 18.7. The summed E-state index contributed by atoms with van der Waals surface area (Å²) in [7, 11) is 0. The van der Waals surface area contributed by atoms with Crippen LogP contribution in [0.15, 0.2) is 170 Å². The van der Waals surface area contributed by atoms with E-state index in [1.807, 2.05) is 0 Å². The van der Waals surface area contributed by atoms with Crippen molar-refractivity contribution in [1.29, 1.82) is 0 Å². The van der Waals surface area contributed by atoms with E-state index in [4.69, 9.17) is 9.97 Å². The number of benzene rings is 8. The predicted octanol–water partition coefficient (Wildman–Crippen LogP) is 12.1. The van der Waals surface area contributed by atoms with Crippen LogP contribution in [0.2, 0.25) is 0 Å². The molecule has 0 fully saturated rings. The van der Waals surface area contributed by atoms with Crippen molar-refractivity contribution in [2.24, 2.45) is 0 Å². The molecule has 0 saturated carbocycles. The van der Waals surface area contributed by atoms with E-state index in [1.54, 1.807) is 0 Å². The number of hydrogen-bond donors (Lipinski definition) is 0. The summed E-state index contributed by atoms with van der Waals surface area (Å²) in [6.45, 7) is 0. The van der Waals surface area contributed by atoms with Gasteiger partial charge < -0.3 is 4.57 Å². The Bertz CT molecular complexity index is 3320. The van der Waals surface area contributed by atoms with Gasteiger partial charge in [-0.2, -0.15) is 0 Å². The fourth-order valence-corrected chi connectivity index (χ4v) is 9.31. The van der Waals surface area contributed by atoms with Crippen molar-refractivity contribution >= 4 is 65.3 Å². The molecule has 0 radical (unpaired) electrons. The second-order valence-corrected chi connectivity index (χ2v) is 14.5. The Hall–Kier alpha value is -7.04. The fraction of sp³-hybridized carbons (Fsp3) is 0.0400. The molecule has 0 atom stereocenters. The minimum absolute atomic E-state index is 0.673. The van der Waals surface area contributed by atoms with Gasteiger partial charge in [-0.25, -0.2) is 9.97 Å². The largest absolute Gasteiger partial charge is 0.307 e. The van der Waals surface area contributed by atoms with Crippen molar-refractivity contribution in [3.05, 3.63) is 192 Å². The first-order valence-corrected chi connectivity index (χ1v) is 18.7. The molecule has 3 aromatic heterocycles. The van der Waals surface area contributed by atoms with E-state index in [1.165, 1.54) is 65.6 Å². The summed E-state index contributed by atoms with van der Waals surface area (Å²) in [5.41, 5.74) is 14.3. The van der Waals surface area contributed by atoms with E-state index < -0.39 is 0 Å². The average Bonchev–Trinajstić information content (AvgIpc) is 3.77. The second-order valence-electron chi connectivity index (χ2n) is 14.5. The molecule has 12 rings (SSSR count). The molecule has 54 heavy (non-hydrogen) atoms. The Balaban J connectivity index is 1.30. The van der Waals surface area contributed by atoms with Gasteiger partial charge >= 0.3 is 0 Å². The first-order chi connectivity index (χ1) is 26.8. The summed E-state index contributed by atoms with van der Waals surface area (Å²) in [6.07, 6.45) is 1.73. The Morgan fingerprint density at radius 1 is 0.426 bits per heavy atom. The standard InChI is InChI=1S/C50H32N4/c1-3-15-31(16-4-1)47-37-21-9-12-24-42(37)51-50(52-47)54-44-26-14-11-23-39(44)46-41-30-35-28-33-18-8-7-17-32(33)27-34(35)29-40(41)45-38-22-10-13-25-43(38)53(48(45)49(46)54)36-19-5-2-6-20-36/h1-28H,29-30H2. The van der Waals surface area contributed by atoms with Gasteiger partial charge in [0, 0.05) is 38.2 Å². The highest BCUT2D eigenvalue weighted by molar-refractivity contribution is 6.26. The zero-order valence-electron chi connectivity index (χ0n) is 29.4. The molecule has 3 heterocycles. The van der Waals surface area contributed by atoms with Crippen molar-refractivity contribution in [3.63, 3.8) is 0 Å². The van der Waals surface area contributed by atoms with Crippen molar-refractivity contribution in [3.8, 4) is 22.9 Å². The molecule has 0 amide bonds. The molecule has 8 aromatic carbocycles. The monoisotopic (exact) mass is 688 g/mol. The number of fused-ring (bicyclic) bond motifs is 13. The molecule has 0 unspecified atom stereocenters. The summed E-state index contributed by atoms with van der Waals surface area (Å²) < 4.78 is 4.85. The van der Waals surface area contributed by atoms with Crippen LogP contribution in [0.25, 0.3) is 88.2 Å². The number of hydrogen-bond acceptors (Lipinski definition) is 2. The van der Waals surface area contributed by atoms with Crippen LogP contribution < -0.4 is 0 Å². The number of para-hydroxylation sites is 4. The quantitative estimate of drug-likeness (QED) is 0.185. The lowest BCUT2D eigenvalue weighted by Crippen LogP contribution is -2.10. The minimum atomic E-state index is 0.673. The van der Waals surface area contributed by atoms with Gasteiger partial charge in [0.05, 0.1) is 33.3 Å². The molecule has 4 nitrogen and oxygen atoms in total. The number of rotatable bonds is 3. The molecule has 252 valence electrons.